The Balaban J connectivity index is 1.87. The summed E-state index contributed by atoms with van der Waals surface area (Å²) in [5, 5.41) is 7.49. The van der Waals surface area contributed by atoms with E-state index in [4.69, 9.17) is 16.3 Å². The Morgan fingerprint density at radius 3 is 3.06 bits per heavy atom. The van der Waals surface area contributed by atoms with Crippen LogP contribution < -0.4 is 15.4 Å². The number of piperidine rings is 1. The molecule has 0 radical (unpaired) electrons. The molecule has 0 saturated carbocycles. The lowest BCUT2D eigenvalue weighted by atomic mass is 10.00. The molecule has 1 aliphatic rings. The summed E-state index contributed by atoms with van der Waals surface area (Å²) >= 11 is 6.07. The lowest BCUT2D eigenvalue weighted by Crippen LogP contribution is -2.33. The van der Waals surface area contributed by atoms with Crippen LogP contribution >= 0.6 is 11.6 Å². The Hall–Kier alpha value is -0.930. The van der Waals surface area contributed by atoms with Gasteiger partial charge in [-0.1, -0.05) is 11.6 Å². The lowest BCUT2D eigenvalue weighted by Gasteiger charge is -2.23. The predicted octanol–water partition coefficient (Wildman–Crippen LogP) is 2.76. The van der Waals surface area contributed by atoms with E-state index >= 15 is 0 Å². The highest BCUT2D eigenvalue weighted by Gasteiger charge is 2.12. The molecule has 2 rings (SSSR count). The Kier molecular flexibility index (Phi) is 4.51. The Labute approximate surface area is 107 Å². The summed E-state index contributed by atoms with van der Waals surface area (Å²) in [6.07, 6.45) is 2.57. The number of methoxy groups -OCH3 is 1. The molecule has 0 spiro atoms. The standard InChI is InChI=1S/C13H19ClN2O/c1-17-13-5-4-11(7-12(13)14)16-9-10-3-2-6-15-8-10/h4-5,7,10,15-16H,2-3,6,8-9H2,1H3. The summed E-state index contributed by atoms with van der Waals surface area (Å²) in [7, 11) is 1.63. The van der Waals surface area contributed by atoms with Crippen LogP contribution in [0.2, 0.25) is 5.02 Å². The molecule has 0 aromatic heterocycles. The molecule has 0 aliphatic carbocycles. The second-order valence-electron chi connectivity index (χ2n) is 4.44. The summed E-state index contributed by atoms with van der Waals surface area (Å²) in [6.45, 7) is 3.26. The molecule has 3 nitrogen and oxygen atoms in total. The molecule has 1 saturated heterocycles. The van der Waals surface area contributed by atoms with Crippen molar-refractivity contribution >= 4 is 17.3 Å². The summed E-state index contributed by atoms with van der Waals surface area (Å²) in [5.41, 5.74) is 1.06. The van der Waals surface area contributed by atoms with Crippen molar-refractivity contribution in [2.24, 2.45) is 5.92 Å². The van der Waals surface area contributed by atoms with Crippen molar-refractivity contribution in [3.8, 4) is 5.75 Å². The SMILES string of the molecule is COc1ccc(NCC2CCCNC2)cc1Cl. The van der Waals surface area contributed by atoms with Crippen molar-refractivity contribution < 1.29 is 4.74 Å². The smallest absolute Gasteiger partial charge is 0.137 e. The van der Waals surface area contributed by atoms with Gasteiger partial charge in [0.2, 0.25) is 0 Å². The third kappa shape index (κ3) is 3.51. The molecular formula is C13H19ClN2O. The first-order valence-electron chi connectivity index (χ1n) is 6.07. The van der Waals surface area contributed by atoms with Crippen LogP contribution in [0.4, 0.5) is 5.69 Å². The van der Waals surface area contributed by atoms with Gasteiger partial charge in [-0.2, -0.15) is 0 Å². The monoisotopic (exact) mass is 254 g/mol. The molecule has 0 amide bonds. The van der Waals surface area contributed by atoms with Gasteiger partial charge in [-0.25, -0.2) is 0 Å². The molecule has 2 N–H and O–H groups in total. The van der Waals surface area contributed by atoms with Crippen LogP contribution in [0.1, 0.15) is 12.8 Å². The minimum Gasteiger partial charge on any atom is -0.495 e. The zero-order valence-electron chi connectivity index (χ0n) is 10.1. The van der Waals surface area contributed by atoms with E-state index in [0.29, 0.717) is 10.9 Å². The number of anilines is 1. The van der Waals surface area contributed by atoms with Crippen LogP contribution in [0.3, 0.4) is 0 Å². The van der Waals surface area contributed by atoms with E-state index in [1.54, 1.807) is 7.11 Å². The number of halogens is 1. The zero-order valence-corrected chi connectivity index (χ0v) is 10.9. The predicted molar refractivity (Wildman–Crippen MR) is 72.1 cm³/mol. The number of ether oxygens (including phenoxy) is 1. The van der Waals surface area contributed by atoms with Crippen molar-refractivity contribution in [3.63, 3.8) is 0 Å². The van der Waals surface area contributed by atoms with E-state index in [1.807, 2.05) is 18.2 Å². The van der Waals surface area contributed by atoms with E-state index in [0.717, 1.165) is 31.1 Å². The molecule has 94 valence electrons. The molecule has 0 bridgehead atoms. The summed E-state index contributed by atoms with van der Waals surface area (Å²) < 4.78 is 5.12. The Morgan fingerprint density at radius 1 is 1.53 bits per heavy atom. The van der Waals surface area contributed by atoms with Gasteiger partial charge in [-0.15, -0.1) is 0 Å². The van der Waals surface area contributed by atoms with Crippen LogP contribution in [0.25, 0.3) is 0 Å². The molecule has 1 unspecified atom stereocenters. The maximum Gasteiger partial charge on any atom is 0.137 e. The molecule has 1 heterocycles. The Morgan fingerprint density at radius 2 is 2.41 bits per heavy atom. The van der Waals surface area contributed by atoms with Gasteiger partial charge in [0.05, 0.1) is 12.1 Å². The fourth-order valence-corrected chi connectivity index (χ4v) is 2.39. The van der Waals surface area contributed by atoms with Crippen LogP contribution in [0, 0.1) is 5.92 Å². The molecule has 1 aromatic carbocycles. The topological polar surface area (TPSA) is 33.3 Å². The molecule has 1 atom stereocenters. The number of hydrogen-bond acceptors (Lipinski definition) is 3. The summed E-state index contributed by atoms with van der Waals surface area (Å²) in [5.74, 6) is 1.43. The third-order valence-corrected chi connectivity index (χ3v) is 3.44. The van der Waals surface area contributed by atoms with Crippen molar-refractivity contribution in [1.82, 2.24) is 5.32 Å². The number of nitrogens with one attached hydrogen (secondary N) is 2. The van der Waals surface area contributed by atoms with Crippen molar-refractivity contribution in [2.45, 2.75) is 12.8 Å². The average Bonchev–Trinajstić information content (AvgIpc) is 2.38. The van der Waals surface area contributed by atoms with Gasteiger partial charge in [0, 0.05) is 12.2 Å². The van der Waals surface area contributed by atoms with E-state index < -0.39 is 0 Å². The maximum absolute atomic E-state index is 6.07. The van der Waals surface area contributed by atoms with E-state index in [1.165, 1.54) is 12.8 Å². The van der Waals surface area contributed by atoms with Gasteiger partial charge in [-0.05, 0) is 50.0 Å². The zero-order chi connectivity index (χ0) is 12.1. The fraction of sp³-hybridized carbons (Fsp3) is 0.538. The fourth-order valence-electron chi connectivity index (χ4n) is 2.14. The van der Waals surface area contributed by atoms with Crippen LogP contribution in [-0.4, -0.2) is 26.7 Å². The van der Waals surface area contributed by atoms with Gasteiger partial charge >= 0.3 is 0 Å². The minimum atomic E-state index is 0.652. The van der Waals surface area contributed by atoms with Gasteiger partial charge in [0.15, 0.2) is 0 Å². The Bertz CT molecular complexity index is 364. The minimum absolute atomic E-state index is 0.652. The number of hydrogen-bond donors (Lipinski definition) is 2. The van der Waals surface area contributed by atoms with E-state index in [-0.39, 0.29) is 0 Å². The highest BCUT2D eigenvalue weighted by molar-refractivity contribution is 6.32. The number of rotatable bonds is 4. The second kappa shape index (κ2) is 6.12. The highest BCUT2D eigenvalue weighted by atomic mass is 35.5. The lowest BCUT2D eigenvalue weighted by molar-refractivity contribution is 0.393. The van der Waals surface area contributed by atoms with Crippen LogP contribution in [0.15, 0.2) is 18.2 Å². The molecule has 1 aliphatic heterocycles. The quantitative estimate of drug-likeness (QED) is 0.867. The van der Waals surface area contributed by atoms with Crippen molar-refractivity contribution in [2.75, 3.05) is 32.1 Å². The normalized spacial score (nSPS) is 20.0. The second-order valence-corrected chi connectivity index (χ2v) is 4.85. The molecular weight excluding hydrogens is 236 g/mol. The largest absolute Gasteiger partial charge is 0.495 e. The van der Waals surface area contributed by atoms with Gasteiger partial charge < -0.3 is 15.4 Å². The number of benzene rings is 1. The highest BCUT2D eigenvalue weighted by Crippen LogP contribution is 2.27. The van der Waals surface area contributed by atoms with Crippen LogP contribution in [-0.2, 0) is 0 Å². The van der Waals surface area contributed by atoms with Gasteiger partial charge in [-0.3, -0.25) is 0 Å². The molecule has 1 fully saturated rings. The first-order valence-corrected chi connectivity index (χ1v) is 6.45. The molecule has 17 heavy (non-hydrogen) atoms. The van der Waals surface area contributed by atoms with Crippen molar-refractivity contribution in [1.29, 1.82) is 0 Å². The van der Waals surface area contributed by atoms with E-state index in [2.05, 4.69) is 10.6 Å². The van der Waals surface area contributed by atoms with E-state index in [9.17, 15) is 0 Å². The first-order chi connectivity index (χ1) is 8.29. The molecule has 4 heteroatoms. The van der Waals surface area contributed by atoms with Gasteiger partial charge in [0.25, 0.3) is 0 Å². The summed E-state index contributed by atoms with van der Waals surface area (Å²) in [6, 6.07) is 5.81. The molecule has 1 aromatic rings. The van der Waals surface area contributed by atoms with Gasteiger partial charge in [0.1, 0.15) is 5.75 Å². The first kappa shape index (κ1) is 12.5. The van der Waals surface area contributed by atoms with Crippen LogP contribution in [0.5, 0.6) is 5.75 Å². The average molecular weight is 255 g/mol. The summed E-state index contributed by atoms with van der Waals surface area (Å²) in [4.78, 5) is 0. The maximum atomic E-state index is 6.07. The third-order valence-electron chi connectivity index (χ3n) is 3.15. The van der Waals surface area contributed by atoms with Crippen molar-refractivity contribution in [3.05, 3.63) is 23.2 Å².